The maximum absolute atomic E-state index is 10.9. The van der Waals surface area contributed by atoms with Gasteiger partial charge < -0.3 is 4.74 Å². The Bertz CT molecular complexity index is 130. The molecule has 0 spiro atoms. The normalized spacial score (nSPS) is 13.1. The molecule has 0 fully saturated rings. The molecular formula is C10H20O2. The van der Waals surface area contributed by atoms with Crippen molar-refractivity contribution in [1.29, 1.82) is 0 Å². The van der Waals surface area contributed by atoms with Gasteiger partial charge in [0.05, 0.1) is 6.61 Å². The van der Waals surface area contributed by atoms with Crippen molar-refractivity contribution in [3.8, 4) is 0 Å². The van der Waals surface area contributed by atoms with E-state index in [1.807, 2.05) is 6.92 Å². The van der Waals surface area contributed by atoms with Gasteiger partial charge in [-0.2, -0.15) is 0 Å². The lowest BCUT2D eigenvalue weighted by Gasteiger charge is -2.14. The van der Waals surface area contributed by atoms with E-state index in [0.717, 1.165) is 6.42 Å². The summed E-state index contributed by atoms with van der Waals surface area (Å²) >= 11 is 0. The Morgan fingerprint density at radius 2 is 1.92 bits per heavy atom. The molecule has 1 unspecified atom stereocenters. The van der Waals surface area contributed by atoms with E-state index in [2.05, 4.69) is 20.8 Å². The summed E-state index contributed by atoms with van der Waals surface area (Å²) < 4.78 is 4.83. The van der Waals surface area contributed by atoms with Crippen molar-refractivity contribution in [2.45, 2.75) is 40.5 Å². The first-order chi connectivity index (χ1) is 5.57. The van der Waals surface area contributed by atoms with Crippen molar-refractivity contribution >= 4 is 5.97 Å². The van der Waals surface area contributed by atoms with Crippen molar-refractivity contribution in [1.82, 2.24) is 0 Å². The van der Waals surface area contributed by atoms with E-state index in [1.54, 1.807) is 0 Å². The molecule has 0 rings (SSSR count). The fourth-order valence-electron chi connectivity index (χ4n) is 0.912. The number of carbonyl (C=O) groups is 1. The van der Waals surface area contributed by atoms with Crippen LogP contribution in [0.2, 0.25) is 0 Å². The molecule has 1 atom stereocenters. The number of hydrogen-bond acceptors (Lipinski definition) is 2. The highest BCUT2D eigenvalue weighted by atomic mass is 16.5. The first-order valence-electron chi connectivity index (χ1n) is 4.73. The number of hydrogen-bond donors (Lipinski definition) is 0. The monoisotopic (exact) mass is 172 g/mol. The van der Waals surface area contributed by atoms with E-state index in [0.29, 0.717) is 24.9 Å². The molecule has 2 heteroatoms. The van der Waals surface area contributed by atoms with Crippen LogP contribution in [-0.2, 0) is 9.53 Å². The molecule has 0 saturated heterocycles. The fraction of sp³-hybridized carbons (Fsp3) is 0.900. The molecule has 0 aromatic carbocycles. The third-order valence-electron chi connectivity index (χ3n) is 2.25. The van der Waals surface area contributed by atoms with Gasteiger partial charge in [-0.05, 0) is 25.2 Å². The summed E-state index contributed by atoms with van der Waals surface area (Å²) in [6.45, 7) is 8.86. The van der Waals surface area contributed by atoms with Crippen molar-refractivity contribution in [2.24, 2.45) is 11.8 Å². The van der Waals surface area contributed by atoms with Gasteiger partial charge in [-0.3, -0.25) is 4.79 Å². The predicted octanol–water partition coefficient (Wildman–Crippen LogP) is 2.62. The summed E-state index contributed by atoms with van der Waals surface area (Å²) in [6.07, 6.45) is 1.50. The molecule has 0 heterocycles. The quantitative estimate of drug-likeness (QED) is 0.596. The van der Waals surface area contributed by atoms with E-state index in [9.17, 15) is 4.79 Å². The van der Waals surface area contributed by atoms with Crippen LogP contribution in [0.25, 0.3) is 0 Å². The maximum Gasteiger partial charge on any atom is 0.305 e. The Morgan fingerprint density at radius 3 is 2.33 bits per heavy atom. The molecule has 0 N–H and O–H groups in total. The lowest BCUT2D eigenvalue weighted by Crippen LogP contribution is -2.09. The first-order valence-corrected chi connectivity index (χ1v) is 4.73. The smallest absolute Gasteiger partial charge is 0.305 e. The molecule has 0 aromatic rings. The van der Waals surface area contributed by atoms with Gasteiger partial charge in [0.2, 0.25) is 0 Å². The summed E-state index contributed by atoms with van der Waals surface area (Å²) in [5.41, 5.74) is 0. The Morgan fingerprint density at radius 1 is 1.33 bits per heavy atom. The second kappa shape index (κ2) is 6.04. The lowest BCUT2D eigenvalue weighted by atomic mass is 9.93. The zero-order chi connectivity index (χ0) is 9.56. The van der Waals surface area contributed by atoms with Gasteiger partial charge in [0.25, 0.3) is 0 Å². The molecule has 72 valence electrons. The predicted molar refractivity (Wildman–Crippen MR) is 49.9 cm³/mol. The number of carbonyl (C=O) groups excluding carboxylic acids is 1. The Hall–Kier alpha value is -0.530. The second-order valence-corrected chi connectivity index (χ2v) is 3.56. The average Bonchev–Trinajstić information content (AvgIpc) is 2.00. The zero-order valence-corrected chi connectivity index (χ0v) is 8.59. The molecule has 0 bridgehead atoms. The Kier molecular flexibility index (Phi) is 5.77. The maximum atomic E-state index is 10.9. The van der Waals surface area contributed by atoms with Crippen LogP contribution in [0.15, 0.2) is 0 Å². The lowest BCUT2D eigenvalue weighted by molar-refractivity contribution is -0.143. The number of ether oxygens (including phenoxy) is 1. The van der Waals surface area contributed by atoms with Crippen LogP contribution in [0.4, 0.5) is 0 Å². The standard InChI is InChI=1S/C10H20O2/c1-5-12-10(11)7-6-9(4)8(2)3/h8-9H,5-7H2,1-4H3. The highest BCUT2D eigenvalue weighted by Crippen LogP contribution is 2.15. The molecule has 0 aliphatic heterocycles. The van der Waals surface area contributed by atoms with Crippen molar-refractivity contribution in [3.63, 3.8) is 0 Å². The minimum atomic E-state index is -0.0648. The highest BCUT2D eigenvalue weighted by Gasteiger charge is 2.09. The van der Waals surface area contributed by atoms with E-state index < -0.39 is 0 Å². The van der Waals surface area contributed by atoms with Gasteiger partial charge in [0.15, 0.2) is 0 Å². The van der Waals surface area contributed by atoms with Crippen LogP contribution >= 0.6 is 0 Å². The van der Waals surface area contributed by atoms with Gasteiger partial charge in [-0.25, -0.2) is 0 Å². The molecule has 0 aromatic heterocycles. The number of esters is 1. The van der Waals surface area contributed by atoms with Crippen LogP contribution in [0.5, 0.6) is 0 Å². The fourth-order valence-corrected chi connectivity index (χ4v) is 0.912. The first kappa shape index (κ1) is 11.5. The molecule has 0 radical (unpaired) electrons. The summed E-state index contributed by atoms with van der Waals surface area (Å²) in [5, 5.41) is 0. The molecule has 12 heavy (non-hydrogen) atoms. The topological polar surface area (TPSA) is 26.3 Å². The van der Waals surface area contributed by atoms with Gasteiger partial charge in [0, 0.05) is 6.42 Å². The van der Waals surface area contributed by atoms with Crippen LogP contribution in [-0.4, -0.2) is 12.6 Å². The molecule has 2 nitrogen and oxygen atoms in total. The van der Waals surface area contributed by atoms with Crippen LogP contribution in [0, 0.1) is 11.8 Å². The summed E-state index contributed by atoms with van der Waals surface area (Å²) in [5.74, 6) is 1.19. The van der Waals surface area contributed by atoms with E-state index in [-0.39, 0.29) is 5.97 Å². The Balaban J connectivity index is 3.47. The second-order valence-electron chi connectivity index (χ2n) is 3.56. The van der Waals surface area contributed by atoms with Crippen LogP contribution in [0.3, 0.4) is 0 Å². The third kappa shape index (κ3) is 5.16. The van der Waals surface area contributed by atoms with Crippen LogP contribution in [0.1, 0.15) is 40.5 Å². The van der Waals surface area contributed by atoms with Crippen molar-refractivity contribution in [2.75, 3.05) is 6.61 Å². The average molecular weight is 172 g/mol. The molecular weight excluding hydrogens is 152 g/mol. The Labute approximate surface area is 75.3 Å². The van der Waals surface area contributed by atoms with Crippen LogP contribution < -0.4 is 0 Å². The zero-order valence-electron chi connectivity index (χ0n) is 8.59. The highest BCUT2D eigenvalue weighted by molar-refractivity contribution is 5.69. The van der Waals surface area contributed by atoms with Gasteiger partial charge in [0.1, 0.15) is 0 Å². The SMILES string of the molecule is CCOC(=O)CCC(C)C(C)C. The molecule has 0 amide bonds. The largest absolute Gasteiger partial charge is 0.466 e. The minimum Gasteiger partial charge on any atom is -0.466 e. The minimum absolute atomic E-state index is 0.0648. The number of rotatable bonds is 5. The molecule has 0 saturated carbocycles. The van der Waals surface area contributed by atoms with E-state index in [4.69, 9.17) is 4.74 Å². The van der Waals surface area contributed by atoms with E-state index in [1.165, 1.54) is 0 Å². The third-order valence-corrected chi connectivity index (χ3v) is 2.25. The summed E-state index contributed by atoms with van der Waals surface area (Å²) in [4.78, 5) is 10.9. The molecule has 0 aliphatic rings. The van der Waals surface area contributed by atoms with Crippen molar-refractivity contribution in [3.05, 3.63) is 0 Å². The summed E-state index contributed by atoms with van der Waals surface area (Å²) in [6, 6.07) is 0. The van der Waals surface area contributed by atoms with Gasteiger partial charge in [-0.15, -0.1) is 0 Å². The van der Waals surface area contributed by atoms with E-state index >= 15 is 0 Å². The molecule has 0 aliphatic carbocycles. The van der Waals surface area contributed by atoms with Gasteiger partial charge in [-0.1, -0.05) is 20.8 Å². The summed E-state index contributed by atoms with van der Waals surface area (Å²) in [7, 11) is 0. The van der Waals surface area contributed by atoms with Crippen molar-refractivity contribution < 1.29 is 9.53 Å². The van der Waals surface area contributed by atoms with Gasteiger partial charge >= 0.3 is 5.97 Å².